The summed E-state index contributed by atoms with van der Waals surface area (Å²) in [5, 5.41) is 0. The maximum absolute atomic E-state index is 5.66. The molecule has 2 nitrogen and oxygen atoms in total. The number of hydrogen-bond acceptors (Lipinski definition) is 2. The van der Waals surface area contributed by atoms with E-state index in [1.165, 1.54) is 13.0 Å². The molecule has 0 rings (SSSR count). The Labute approximate surface area is 64.4 Å². The second kappa shape index (κ2) is 5.69. The number of hydrogen-bond donors (Lipinski definition) is 1. The van der Waals surface area contributed by atoms with E-state index in [0.29, 0.717) is 6.04 Å². The second-order valence-corrected chi connectivity index (χ2v) is 2.87. The third-order valence-electron chi connectivity index (χ3n) is 1.53. The van der Waals surface area contributed by atoms with E-state index in [1.54, 1.807) is 0 Å². The van der Waals surface area contributed by atoms with Crippen LogP contribution in [0.25, 0.3) is 0 Å². The van der Waals surface area contributed by atoms with Gasteiger partial charge in [0.15, 0.2) is 0 Å². The van der Waals surface area contributed by atoms with Gasteiger partial charge in [-0.25, -0.2) is 0 Å². The molecule has 0 bridgehead atoms. The lowest BCUT2D eigenvalue weighted by molar-refractivity contribution is 0.275. The number of nitrogens with zero attached hydrogens (tertiary/aromatic N) is 1. The van der Waals surface area contributed by atoms with Gasteiger partial charge in [-0.2, -0.15) is 0 Å². The van der Waals surface area contributed by atoms with Crippen molar-refractivity contribution in [3.05, 3.63) is 0 Å². The van der Waals surface area contributed by atoms with Gasteiger partial charge in [0.25, 0.3) is 0 Å². The average Bonchev–Trinajstić information content (AvgIpc) is 1.86. The minimum atomic E-state index is 0.312. The molecule has 0 saturated carbocycles. The van der Waals surface area contributed by atoms with Crippen LogP contribution in [0.15, 0.2) is 0 Å². The van der Waals surface area contributed by atoms with E-state index in [-0.39, 0.29) is 0 Å². The minimum absolute atomic E-state index is 0.312. The summed E-state index contributed by atoms with van der Waals surface area (Å²) in [6.45, 7) is 9.76. The smallest absolute Gasteiger partial charge is 0.0139 e. The molecule has 0 aromatic heterocycles. The molecule has 2 N–H and O–H groups in total. The maximum atomic E-state index is 5.66. The summed E-state index contributed by atoms with van der Waals surface area (Å²) in [4.78, 5) is 2.38. The van der Waals surface area contributed by atoms with E-state index in [1.807, 2.05) is 0 Å². The molecule has 0 radical (unpaired) electrons. The van der Waals surface area contributed by atoms with Crippen LogP contribution in [0.1, 0.15) is 27.2 Å². The summed E-state index contributed by atoms with van der Waals surface area (Å²) in [5.41, 5.74) is 5.66. The molecule has 0 heterocycles. The molecule has 0 saturated heterocycles. The first-order chi connectivity index (χ1) is 4.70. The fourth-order valence-electron chi connectivity index (χ4n) is 1.10. The highest BCUT2D eigenvalue weighted by atomic mass is 15.1. The lowest BCUT2D eigenvalue weighted by atomic mass is 10.3. The highest BCUT2D eigenvalue weighted by molar-refractivity contribution is 4.61. The Morgan fingerprint density at radius 1 is 1.40 bits per heavy atom. The van der Waals surface area contributed by atoms with Crippen molar-refractivity contribution in [1.82, 2.24) is 4.90 Å². The number of nitrogens with two attached hydrogens (primary N) is 1. The highest BCUT2D eigenvalue weighted by Crippen LogP contribution is 1.91. The van der Waals surface area contributed by atoms with Gasteiger partial charge >= 0.3 is 0 Å². The predicted molar refractivity (Wildman–Crippen MR) is 46.1 cm³/mol. The van der Waals surface area contributed by atoms with Crippen molar-refractivity contribution in [2.75, 3.05) is 19.6 Å². The van der Waals surface area contributed by atoms with Gasteiger partial charge in [0.1, 0.15) is 0 Å². The van der Waals surface area contributed by atoms with Gasteiger partial charge in [0.2, 0.25) is 0 Å². The van der Waals surface area contributed by atoms with Crippen molar-refractivity contribution in [2.45, 2.75) is 33.2 Å². The van der Waals surface area contributed by atoms with Crippen LogP contribution in [-0.2, 0) is 0 Å². The van der Waals surface area contributed by atoms with Gasteiger partial charge in [-0.05, 0) is 26.4 Å². The molecule has 0 aliphatic carbocycles. The Morgan fingerprint density at radius 3 is 2.30 bits per heavy atom. The molecule has 0 aromatic carbocycles. The van der Waals surface area contributed by atoms with Crippen LogP contribution in [0.4, 0.5) is 0 Å². The highest BCUT2D eigenvalue weighted by Gasteiger charge is 2.02. The lowest BCUT2D eigenvalue weighted by Gasteiger charge is -2.21. The van der Waals surface area contributed by atoms with E-state index in [9.17, 15) is 0 Å². The van der Waals surface area contributed by atoms with Gasteiger partial charge in [-0.1, -0.05) is 13.8 Å². The first kappa shape index (κ1) is 9.92. The van der Waals surface area contributed by atoms with E-state index in [4.69, 9.17) is 5.73 Å². The molecule has 0 amide bonds. The lowest BCUT2D eigenvalue weighted by Crippen LogP contribution is -2.35. The number of likely N-dealkylation sites (N-methyl/N-ethyl adjacent to an activating group) is 1. The zero-order valence-corrected chi connectivity index (χ0v) is 7.43. The van der Waals surface area contributed by atoms with Crippen molar-refractivity contribution >= 4 is 0 Å². The van der Waals surface area contributed by atoms with Gasteiger partial charge in [-0.15, -0.1) is 0 Å². The standard InChI is InChI=1S/C8H20N2/c1-4-6-10(5-2)7-8(3)9/h8H,4-7,9H2,1-3H3/t8-/m1/s1. The fourth-order valence-corrected chi connectivity index (χ4v) is 1.10. The van der Waals surface area contributed by atoms with Gasteiger partial charge in [0.05, 0.1) is 0 Å². The van der Waals surface area contributed by atoms with Crippen LogP contribution in [0.3, 0.4) is 0 Å². The molecule has 1 atom stereocenters. The monoisotopic (exact) mass is 144 g/mol. The van der Waals surface area contributed by atoms with Crippen LogP contribution >= 0.6 is 0 Å². The Bertz CT molecular complexity index is 71.7. The molecule has 10 heavy (non-hydrogen) atoms. The SMILES string of the molecule is CCCN(CC)C[C@@H](C)N. The minimum Gasteiger partial charge on any atom is -0.327 e. The Kier molecular flexibility index (Phi) is 5.64. The van der Waals surface area contributed by atoms with E-state index in [2.05, 4.69) is 25.7 Å². The van der Waals surface area contributed by atoms with E-state index in [0.717, 1.165) is 13.1 Å². The topological polar surface area (TPSA) is 29.3 Å². The quantitative estimate of drug-likeness (QED) is 0.625. The zero-order valence-electron chi connectivity index (χ0n) is 7.43. The van der Waals surface area contributed by atoms with Crippen LogP contribution in [-0.4, -0.2) is 30.6 Å². The second-order valence-electron chi connectivity index (χ2n) is 2.87. The third-order valence-corrected chi connectivity index (χ3v) is 1.53. The summed E-state index contributed by atoms with van der Waals surface area (Å²) in [6.07, 6.45) is 1.22. The van der Waals surface area contributed by atoms with E-state index >= 15 is 0 Å². The summed E-state index contributed by atoms with van der Waals surface area (Å²) >= 11 is 0. The third kappa shape index (κ3) is 4.77. The molecule has 0 aliphatic rings. The molecule has 2 heteroatoms. The largest absolute Gasteiger partial charge is 0.327 e. The molecular weight excluding hydrogens is 124 g/mol. The molecule has 0 spiro atoms. The predicted octanol–water partition coefficient (Wildman–Crippen LogP) is 1.07. The number of rotatable bonds is 5. The Balaban J connectivity index is 3.39. The zero-order chi connectivity index (χ0) is 7.98. The molecule has 0 aromatic rings. The average molecular weight is 144 g/mol. The van der Waals surface area contributed by atoms with Crippen molar-refractivity contribution in [2.24, 2.45) is 5.73 Å². The van der Waals surface area contributed by atoms with Crippen molar-refractivity contribution in [3.63, 3.8) is 0 Å². The normalized spacial score (nSPS) is 14.1. The van der Waals surface area contributed by atoms with Crippen LogP contribution in [0.5, 0.6) is 0 Å². The maximum Gasteiger partial charge on any atom is 0.0139 e. The summed E-state index contributed by atoms with van der Waals surface area (Å²) in [6, 6.07) is 0.312. The van der Waals surface area contributed by atoms with Crippen LogP contribution in [0, 0.1) is 0 Å². The van der Waals surface area contributed by atoms with Crippen LogP contribution in [0.2, 0.25) is 0 Å². The van der Waals surface area contributed by atoms with E-state index < -0.39 is 0 Å². The van der Waals surface area contributed by atoms with Crippen LogP contribution < -0.4 is 5.73 Å². The first-order valence-corrected chi connectivity index (χ1v) is 4.18. The van der Waals surface area contributed by atoms with Gasteiger partial charge in [-0.3, -0.25) is 0 Å². The van der Waals surface area contributed by atoms with Gasteiger partial charge < -0.3 is 10.6 Å². The Morgan fingerprint density at radius 2 is 2.00 bits per heavy atom. The van der Waals surface area contributed by atoms with Crippen molar-refractivity contribution < 1.29 is 0 Å². The molecule has 62 valence electrons. The van der Waals surface area contributed by atoms with Gasteiger partial charge in [0, 0.05) is 12.6 Å². The van der Waals surface area contributed by atoms with Crippen molar-refractivity contribution in [1.29, 1.82) is 0 Å². The molecule has 0 unspecified atom stereocenters. The summed E-state index contributed by atoms with van der Waals surface area (Å²) < 4.78 is 0. The first-order valence-electron chi connectivity index (χ1n) is 4.18. The molecular formula is C8H20N2. The molecule has 0 aliphatic heterocycles. The fraction of sp³-hybridized carbons (Fsp3) is 1.00. The molecule has 0 fully saturated rings. The Hall–Kier alpha value is -0.0800. The summed E-state index contributed by atoms with van der Waals surface area (Å²) in [5.74, 6) is 0. The summed E-state index contributed by atoms with van der Waals surface area (Å²) in [7, 11) is 0. The van der Waals surface area contributed by atoms with Crippen molar-refractivity contribution in [3.8, 4) is 0 Å².